The van der Waals surface area contributed by atoms with Gasteiger partial charge < -0.3 is 21.5 Å². The molecule has 1 heterocycles. The molecule has 1 aromatic carbocycles. The Balaban J connectivity index is 2.24. The fourth-order valence-electron chi connectivity index (χ4n) is 1.96. The van der Waals surface area contributed by atoms with Crippen LogP contribution in [0.25, 0.3) is 0 Å². The van der Waals surface area contributed by atoms with Crippen molar-refractivity contribution < 1.29 is 9.53 Å². The van der Waals surface area contributed by atoms with Gasteiger partial charge in [0, 0.05) is 12.1 Å². The summed E-state index contributed by atoms with van der Waals surface area (Å²) in [4.78, 5) is 12.6. The first-order valence-corrected chi connectivity index (χ1v) is 8.24. The number of nitrogens with one attached hydrogen (secondary N) is 1. The molecule has 0 aliphatic heterocycles. The second-order valence-corrected chi connectivity index (χ2v) is 6.07. The van der Waals surface area contributed by atoms with Gasteiger partial charge in [-0.2, -0.15) is 0 Å². The van der Waals surface area contributed by atoms with Gasteiger partial charge in [0.15, 0.2) is 0 Å². The number of para-hydroxylation sites is 1. The molecule has 112 valence electrons. The number of amides is 1. The number of ether oxygens (including phenoxy) is 1. The molecule has 0 saturated carbocycles. The summed E-state index contributed by atoms with van der Waals surface area (Å²) in [5, 5.41) is 4.15. The maximum Gasteiger partial charge on any atom is 0.261 e. The average Bonchev–Trinajstić information content (AvgIpc) is 2.81. The van der Waals surface area contributed by atoms with Crippen molar-refractivity contribution in [1.82, 2.24) is 0 Å². The van der Waals surface area contributed by atoms with E-state index in [0.29, 0.717) is 17.1 Å². The van der Waals surface area contributed by atoms with Crippen LogP contribution in [0.4, 0.5) is 10.7 Å². The number of anilines is 2. The average molecular weight is 323 g/mol. The Bertz CT molecular complexity index is 656. The molecule has 0 aliphatic carbocycles. The van der Waals surface area contributed by atoms with Crippen LogP contribution in [-0.2, 0) is 6.54 Å². The lowest BCUT2D eigenvalue weighted by molar-refractivity contribution is 0.100. The van der Waals surface area contributed by atoms with E-state index in [1.807, 2.05) is 30.5 Å². The van der Waals surface area contributed by atoms with Crippen LogP contribution in [0.15, 0.2) is 29.2 Å². The molecular weight excluding hydrogens is 306 g/mol. The zero-order valence-corrected chi connectivity index (χ0v) is 13.4. The molecule has 1 amide bonds. The predicted octanol–water partition coefficient (Wildman–Crippen LogP) is 2.77. The first-order chi connectivity index (χ1) is 10.1. The minimum atomic E-state index is -0.502. The number of carbonyl (C=O) groups is 1. The predicted molar refractivity (Wildman–Crippen MR) is 89.4 cm³/mol. The number of hydrogen-bond acceptors (Lipinski definition) is 6. The van der Waals surface area contributed by atoms with Crippen molar-refractivity contribution in [2.45, 2.75) is 11.4 Å². The highest BCUT2D eigenvalue weighted by Crippen LogP contribution is 2.41. The molecule has 0 saturated heterocycles. The SMILES string of the molecule is COc1ccccc1CNc1sc(C(N)=O)c(N)c1SC. The molecule has 1 aromatic heterocycles. The van der Waals surface area contributed by atoms with Gasteiger partial charge in [0.2, 0.25) is 0 Å². The monoisotopic (exact) mass is 323 g/mol. The largest absolute Gasteiger partial charge is 0.496 e. The molecule has 0 radical (unpaired) electrons. The lowest BCUT2D eigenvalue weighted by atomic mass is 10.2. The van der Waals surface area contributed by atoms with Crippen LogP contribution in [0.2, 0.25) is 0 Å². The summed E-state index contributed by atoms with van der Waals surface area (Å²) >= 11 is 2.77. The normalized spacial score (nSPS) is 10.4. The number of hydrogen-bond donors (Lipinski definition) is 3. The number of nitrogens with two attached hydrogens (primary N) is 2. The van der Waals surface area contributed by atoms with Gasteiger partial charge in [-0.25, -0.2) is 0 Å². The Morgan fingerprint density at radius 2 is 2.14 bits per heavy atom. The minimum Gasteiger partial charge on any atom is -0.496 e. The molecule has 0 atom stereocenters. The number of thiophene rings is 1. The van der Waals surface area contributed by atoms with Crippen LogP contribution < -0.4 is 21.5 Å². The number of benzene rings is 1. The molecule has 0 bridgehead atoms. The van der Waals surface area contributed by atoms with Crippen LogP contribution in [0.3, 0.4) is 0 Å². The van der Waals surface area contributed by atoms with Crippen molar-refractivity contribution in [3.05, 3.63) is 34.7 Å². The van der Waals surface area contributed by atoms with Gasteiger partial charge in [0.25, 0.3) is 5.91 Å². The topological polar surface area (TPSA) is 90.4 Å². The maximum atomic E-state index is 11.4. The lowest BCUT2D eigenvalue weighted by Gasteiger charge is -2.10. The van der Waals surface area contributed by atoms with Crippen molar-refractivity contribution in [3.8, 4) is 5.75 Å². The van der Waals surface area contributed by atoms with Gasteiger partial charge >= 0.3 is 0 Å². The third-order valence-corrected chi connectivity index (χ3v) is 5.10. The summed E-state index contributed by atoms with van der Waals surface area (Å²) in [6, 6.07) is 7.76. The van der Waals surface area contributed by atoms with E-state index in [0.717, 1.165) is 21.2 Å². The second kappa shape index (κ2) is 6.73. The van der Waals surface area contributed by atoms with Gasteiger partial charge in [-0.1, -0.05) is 18.2 Å². The van der Waals surface area contributed by atoms with E-state index in [4.69, 9.17) is 16.2 Å². The summed E-state index contributed by atoms with van der Waals surface area (Å²) in [5.41, 5.74) is 12.8. The van der Waals surface area contributed by atoms with Crippen molar-refractivity contribution in [1.29, 1.82) is 0 Å². The molecule has 7 heteroatoms. The molecule has 2 aromatic rings. The number of rotatable bonds is 6. The Hall–Kier alpha value is -1.86. The molecule has 0 spiro atoms. The Morgan fingerprint density at radius 1 is 1.43 bits per heavy atom. The van der Waals surface area contributed by atoms with Gasteiger partial charge in [0.1, 0.15) is 15.6 Å². The molecule has 5 nitrogen and oxygen atoms in total. The first kappa shape index (κ1) is 15.5. The first-order valence-electron chi connectivity index (χ1n) is 6.20. The zero-order chi connectivity index (χ0) is 15.4. The van der Waals surface area contributed by atoms with E-state index in [-0.39, 0.29) is 0 Å². The van der Waals surface area contributed by atoms with Crippen LogP contribution >= 0.6 is 23.1 Å². The Labute approximate surface area is 131 Å². The standard InChI is InChI=1S/C14H17N3O2S2/c1-19-9-6-4-3-5-8(9)7-17-14-12(20-2)10(15)11(21-14)13(16)18/h3-6,17H,7,15H2,1-2H3,(H2,16,18). The zero-order valence-electron chi connectivity index (χ0n) is 11.8. The lowest BCUT2D eigenvalue weighted by Crippen LogP contribution is -2.10. The van der Waals surface area contributed by atoms with E-state index in [9.17, 15) is 4.79 Å². The summed E-state index contributed by atoms with van der Waals surface area (Å²) in [7, 11) is 1.64. The second-order valence-electron chi connectivity index (χ2n) is 4.24. The van der Waals surface area contributed by atoms with E-state index in [2.05, 4.69) is 5.32 Å². The number of methoxy groups -OCH3 is 1. The highest BCUT2D eigenvalue weighted by atomic mass is 32.2. The Kier molecular flexibility index (Phi) is 4.98. The van der Waals surface area contributed by atoms with E-state index in [1.165, 1.54) is 23.1 Å². The molecular formula is C14H17N3O2S2. The maximum absolute atomic E-state index is 11.4. The van der Waals surface area contributed by atoms with Crippen molar-refractivity contribution >= 4 is 39.7 Å². The van der Waals surface area contributed by atoms with Crippen molar-refractivity contribution in [2.24, 2.45) is 5.73 Å². The molecule has 5 N–H and O–H groups in total. The minimum absolute atomic E-state index is 0.391. The van der Waals surface area contributed by atoms with Gasteiger partial charge in [-0.3, -0.25) is 4.79 Å². The van der Waals surface area contributed by atoms with Gasteiger partial charge in [-0.15, -0.1) is 23.1 Å². The van der Waals surface area contributed by atoms with Crippen LogP contribution in [0, 0.1) is 0 Å². The van der Waals surface area contributed by atoms with Crippen LogP contribution in [0.1, 0.15) is 15.2 Å². The van der Waals surface area contributed by atoms with Gasteiger partial charge in [0.05, 0.1) is 17.7 Å². The molecule has 2 rings (SSSR count). The summed E-state index contributed by atoms with van der Waals surface area (Å²) in [6.45, 7) is 0.579. The summed E-state index contributed by atoms with van der Waals surface area (Å²) in [5.74, 6) is 0.313. The number of carbonyl (C=O) groups excluding carboxylic acids is 1. The van der Waals surface area contributed by atoms with E-state index in [1.54, 1.807) is 7.11 Å². The van der Waals surface area contributed by atoms with Crippen LogP contribution in [0.5, 0.6) is 5.75 Å². The van der Waals surface area contributed by atoms with E-state index >= 15 is 0 Å². The van der Waals surface area contributed by atoms with Crippen LogP contribution in [-0.4, -0.2) is 19.3 Å². The molecule has 0 aliphatic rings. The summed E-state index contributed by atoms with van der Waals surface area (Å²) < 4.78 is 5.32. The van der Waals surface area contributed by atoms with Gasteiger partial charge in [-0.05, 0) is 12.3 Å². The number of thioether (sulfide) groups is 1. The number of primary amides is 1. The highest BCUT2D eigenvalue weighted by Gasteiger charge is 2.18. The quantitative estimate of drug-likeness (QED) is 0.711. The molecule has 21 heavy (non-hydrogen) atoms. The molecule has 0 fully saturated rings. The van der Waals surface area contributed by atoms with Crippen molar-refractivity contribution in [2.75, 3.05) is 24.4 Å². The smallest absolute Gasteiger partial charge is 0.261 e. The third kappa shape index (κ3) is 3.25. The fourth-order valence-corrected chi connectivity index (χ4v) is 3.84. The molecule has 0 unspecified atom stereocenters. The highest BCUT2D eigenvalue weighted by molar-refractivity contribution is 7.99. The van der Waals surface area contributed by atoms with Crippen molar-refractivity contribution in [3.63, 3.8) is 0 Å². The van der Waals surface area contributed by atoms with E-state index < -0.39 is 5.91 Å². The third-order valence-electron chi connectivity index (χ3n) is 2.96. The number of nitrogen functional groups attached to an aromatic ring is 1. The summed E-state index contributed by atoms with van der Waals surface area (Å²) in [6.07, 6.45) is 1.91. The fraction of sp³-hybridized carbons (Fsp3) is 0.214. The Morgan fingerprint density at radius 3 is 2.76 bits per heavy atom.